The van der Waals surface area contributed by atoms with Gasteiger partial charge in [-0.05, 0) is 18.2 Å². The molecular weight excluding hydrogens is 217 g/mol. The maximum Gasteiger partial charge on any atom is 0.148 e. The molecule has 0 aliphatic heterocycles. The zero-order valence-corrected chi connectivity index (χ0v) is 8.97. The van der Waals surface area contributed by atoms with Crippen LogP contribution in [0.5, 0.6) is 0 Å². The second kappa shape index (κ2) is 3.59. The van der Waals surface area contributed by atoms with Gasteiger partial charge in [0.1, 0.15) is 11.5 Å². The van der Waals surface area contributed by atoms with Crippen LogP contribution in [-0.4, -0.2) is 9.78 Å². The minimum atomic E-state index is -0.319. The van der Waals surface area contributed by atoms with Crippen molar-refractivity contribution in [1.29, 1.82) is 0 Å². The summed E-state index contributed by atoms with van der Waals surface area (Å²) in [6, 6.07) is 12.0. The van der Waals surface area contributed by atoms with Gasteiger partial charge in [0.2, 0.25) is 0 Å². The maximum atomic E-state index is 13.7. The fourth-order valence-corrected chi connectivity index (χ4v) is 1.91. The first kappa shape index (κ1) is 9.84. The molecule has 1 heterocycles. The standard InChI is InChI=1S/C13H10FN3/c14-10-5-1-2-7-12(10)17-13-9(8-16-17)4-3-6-11(13)15/h1-8H,15H2. The molecule has 84 valence electrons. The van der Waals surface area contributed by atoms with E-state index in [-0.39, 0.29) is 5.82 Å². The lowest BCUT2D eigenvalue weighted by molar-refractivity contribution is 0.613. The van der Waals surface area contributed by atoms with Crippen molar-refractivity contribution < 1.29 is 4.39 Å². The highest BCUT2D eigenvalue weighted by Gasteiger charge is 2.10. The zero-order valence-electron chi connectivity index (χ0n) is 8.97. The van der Waals surface area contributed by atoms with E-state index in [2.05, 4.69) is 5.10 Å². The number of nitrogen functional groups attached to an aromatic ring is 1. The van der Waals surface area contributed by atoms with Crippen molar-refractivity contribution in [2.24, 2.45) is 0 Å². The first-order valence-corrected chi connectivity index (χ1v) is 5.24. The first-order chi connectivity index (χ1) is 8.27. The Morgan fingerprint density at radius 1 is 1.06 bits per heavy atom. The van der Waals surface area contributed by atoms with E-state index in [1.165, 1.54) is 10.7 Å². The van der Waals surface area contributed by atoms with Crippen LogP contribution in [-0.2, 0) is 0 Å². The van der Waals surface area contributed by atoms with Crippen molar-refractivity contribution in [2.45, 2.75) is 0 Å². The largest absolute Gasteiger partial charge is 0.397 e. The zero-order chi connectivity index (χ0) is 11.8. The van der Waals surface area contributed by atoms with Crippen LogP contribution in [0.2, 0.25) is 0 Å². The topological polar surface area (TPSA) is 43.8 Å². The molecule has 17 heavy (non-hydrogen) atoms. The van der Waals surface area contributed by atoms with Gasteiger partial charge in [-0.25, -0.2) is 9.07 Å². The molecule has 0 spiro atoms. The van der Waals surface area contributed by atoms with Gasteiger partial charge in [-0.3, -0.25) is 0 Å². The lowest BCUT2D eigenvalue weighted by atomic mass is 10.2. The van der Waals surface area contributed by atoms with E-state index in [4.69, 9.17) is 5.73 Å². The Balaban J connectivity index is 2.36. The van der Waals surface area contributed by atoms with Gasteiger partial charge in [0.15, 0.2) is 0 Å². The Hall–Kier alpha value is -2.36. The van der Waals surface area contributed by atoms with Crippen molar-refractivity contribution in [2.75, 3.05) is 5.73 Å². The molecule has 0 saturated carbocycles. The third kappa shape index (κ3) is 1.45. The number of hydrogen-bond acceptors (Lipinski definition) is 2. The van der Waals surface area contributed by atoms with Gasteiger partial charge in [0, 0.05) is 5.39 Å². The van der Waals surface area contributed by atoms with Crippen LogP contribution < -0.4 is 5.73 Å². The van der Waals surface area contributed by atoms with E-state index in [1.54, 1.807) is 30.5 Å². The summed E-state index contributed by atoms with van der Waals surface area (Å²) < 4.78 is 15.2. The number of fused-ring (bicyclic) bond motifs is 1. The van der Waals surface area contributed by atoms with Crippen molar-refractivity contribution in [3.63, 3.8) is 0 Å². The van der Waals surface area contributed by atoms with Crippen LogP contribution in [0, 0.1) is 5.82 Å². The molecular formula is C13H10FN3. The quantitative estimate of drug-likeness (QED) is 0.649. The SMILES string of the molecule is Nc1cccc2cnn(-c3ccccc3F)c12. The van der Waals surface area contributed by atoms with E-state index in [0.29, 0.717) is 11.4 Å². The minimum absolute atomic E-state index is 0.319. The van der Waals surface area contributed by atoms with Gasteiger partial charge in [-0.2, -0.15) is 5.10 Å². The van der Waals surface area contributed by atoms with E-state index in [0.717, 1.165) is 10.9 Å². The van der Waals surface area contributed by atoms with Crippen LogP contribution in [0.1, 0.15) is 0 Å². The third-order valence-corrected chi connectivity index (χ3v) is 2.70. The fourth-order valence-electron chi connectivity index (χ4n) is 1.91. The van der Waals surface area contributed by atoms with E-state index >= 15 is 0 Å². The Kier molecular flexibility index (Phi) is 2.08. The number of anilines is 1. The van der Waals surface area contributed by atoms with Gasteiger partial charge in [0.25, 0.3) is 0 Å². The summed E-state index contributed by atoms with van der Waals surface area (Å²) in [6.45, 7) is 0. The van der Waals surface area contributed by atoms with Crippen LogP contribution in [0.25, 0.3) is 16.6 Å². The maximum absolute atomic E-state index is 13.7. The Bertz CT molecular complexity index is 688. The Morgan fingerprint density at radius 2 is 1.88 bits per heavy atom. The van der Waals surface area contributed by atoms with Crippen LogP contribution in [0.3, 0.4) is 0 Å². The molecule has 0 aliphatic carbocycles. The summed E-state index contributed by atoms with van der Waals surface area (Å²) in [5.74, 6) is -0.319. The summed E-state index contributed by atoms with van der Waals surface area (Å²) >= 11 is 0. The summed E-state index contributed by atoms with van der Waals surface area (Å²) in [4.78, 5) is 0. The Morgan fingerprint density at radius 3 is 2.71 bits per heavy atom. The van der Waals surface area contributed by atoms with E-state index < -0.39 is 0 Å². The average molecular weight is 227 g/mol. The molecule has 0 saturated heterocycles. The Labute approximate surface area is 97.3 Å². The first-order valence-electron chi connectivity index (χ1n) is 5.24. The van der Waals surface area contributed by atoms with E-state index in [9.17, 15) is 4.39 Å². The highest BCUT2D eigenvalue weighted by molar-refractivity contribution is 5.90. The average Bonchev–Trinajstić information content (AvgIpc) is 2.75. The summed E-state index contributed by atoms with van der Waals surface area (Å²) in [7, 11) is 0. The summed E-state index contributed by atoms with van der Waals surface area (Å²) in [6.07, 6.45) is 1.68. The molecule has 2 N–H and O–H groups in total. The molecule has 3 aromatic rings. The molecule has 0 fully saturated rings. The van der Waals surface area contributed by atoms with Gasteiger partial charge < -0.3 is 5.73 Å². The number of nitrogens with zero attached hydrogens (tertiary/aromatic N) is 2. The van der Waals surface area contributed by atoms with E-state index in [1.807, 2.05) is 12.1 Å². The number of halogens is 1. The number of nitrogens with two attached hydrogens (primary N) is 1. The predicted octanol–water partition coefficient (Wildman–Crippen LogP) is 2.75. The number of hydrogen-bond donors (Lipinski definition) is 1. The molecule has 0 atom stereocenters. The smallest absolute Gasteiger partial charge is 0.148 e. The molecule has 3 rings (SSSR count). The number of rotatable bonds is 1. The van der Waals surface area contributed by atoms with Gasteiger partial charge in [0.05, 0.1) is 17.4 Å². The highest BCUT2D eigenvalue weighted by atomic mass is 19.1. The second-order valence-corrected chi connectivity index (χ2v) is 3.79. The molecule has 0 amide bonds. The molecule has 4 heteroatoms. The van der Waals surface area contributed by atoms with Crippen molar-refractivity contribution in [1.82, 2.24) is 9.78 Å². The van der Waals surface area contributed by atoms with Gasteiger partial charge >= 0.3 is 0 Å². The normalized spacial score (nSPS) is 10.9. The molecule has 2 aromatic carbocycles. The molecule has 0 radical (unpaired) electrons. The molecule has 0 unspecified atom stereocenters. The van der Waals surface area contributed by atoms with Crippen molar-refractivity contribution in [3.05, 3.63) is 54.5 Å². The van der Waals surface area contributed by atoms with Crippen LogP contribution in [0.15, 0.2) is 48.7 Å². The van der Waals surface area contributed by atoms with Gasteiger partial charge in [-0.15, -0.1) is 0 Å². The summed E-state index contributed by atoms with van der Waals surface area (Å²) in [5, 5.41) is 5.08. The van der Waals surface area contributed by atoms with Crippen LogP contribution in [0.4, 0.5) is 10.1 Å². The fraction of sp³-hybridized carbons (Fsp3) is 0. The van der Waals surface area contributed by atoms with Crippen molar-refractivity contribution >= 4 is 16.6 Å². The summed E-state index contributed by atoms with van der Waals surface area (Å²) in [5.41, 5.74) is 7.63. The minimum Gasteiger partial charge on any atom is -0.397 e. The molecule has 0 bridgehead atoms. The molecule has 1 aromatic heterocycles. The van der Waals surface area contributed by atoms with Crippen LogP contribution >= 0.6 is 0 Å². The van der Waals surface area contributed by atoms with Gasteiger partial charge in [-0.1, -0.05) is 24.3 Å². The monoisotopic (exact) mass is 227 g/mol. The lowest BCUT2D eigenvalue weighted by Crippen LogP contribution is -2.01. The highest BCUT2D eigenvalue weighted by Crippen LogP contribution is 2.24. The lowest BCUT2D eigenvalue weighted by Gasteiger charge is -2.06. The second-order valence-electron chi connectivity index (χ2n) is 3.79. The molecule has 3 nitrogen and oxygen atoms in total. The van der Waals surface area contributed by atoms with Crippen molar-refractivity contribution in [3.8, 4) is 5.69 Å². The number of aromatic nitrogens is 2. The predicted molar refractivity (Wildman–Crippen MR) is 65.4 cm³/mol. The number of benzene rings is 2. The third-order valence-electron chi connectivity index (χ3n) is 2.70. The molecule has 0 aliphatic rings. The number of para-hydroxylation sites is 2.